The van der Waals surface area contributed by atoms with Gasteiger partial charge in [0.2, 0.25) is 0 Å². The van der Waals surface area contributed by atoms with E-state index in [-0.39, 0.29) is 15.6 Å². The SMILES string of the molecule is Cc1ccc(S(=O)(=O)NC(=O)c2ccc(C)nc2Cl)cc1. The Morgan fingerprint density at radius 3 is 2.29 bits per heavy atom. The number of carbonyl (C=O) groups is 1. The molecule has 1 aromatic carbocycles. The normalized spacial score (nSPS) is 11.2. The van der Waals surface area contributed by atoms with Gasteiger partial charge in [-0.3, -0.25) is 4.79 Å². The number of benzene rings is 1. The monoisotopic (exact) mass is 324 g/mol. The second-order valence-corrected chi connectivity index (χ2v) is 6.58. The largest absolute Gasteiger partial charge is 0.268 e. The summed E-state index contributed by atoms with van der Waals surface area (Å²) < 4.78 is 26.2. The molecule has 2 aromatic rings. The number of amides is 1. The molecule has 0 saturated carbocycles. The fourth-order valence-corrected chi connectivity index (χ4v) is 2.90. The van der Waals surface area contributed by atoms with E-state index in [0.29, 0.717) is 5.69 Å². The highest BCUT2D eigenvalue weighted by Crippen LogP contribution is 2.15. The van der Waals surface area contributed by atoms with Crippen molar-refractivity contribution in [1.29, 1.82) is 0 Å². The van der Waals surface area contributed by atoms with Crippen LogP contribution in [0, 0.1) is 13.8 Å². The molecule has 0 fully saturated rings. The van der Waals surface area contributed by atoms with Gasteiger partial charge in [-0.25, -0.2) is 18.1 Å². The van der Waals surface area contributed by atoms with Crippen molar-refractivity contribution in [3.05, 3.63) is 58.4 Å². The molecule has 0 bridgehead atoms. The maximum Gasteiger partial charge on any atom is 0.268 e. The molecule has 0 radical (unpaired) electrons. The lowest BCUT2D eigenvalue weighted by atomic mass is 10.2. The van der Waals surface area contributed by atoms with Crippen LogP contribution in [0.1, 0.15) is 21.6 Å². The van der Waals surface area contributed by atoms with Gasteiger partial charge in [0, 0.05) is 5.69 Å². The number of pyridine rings is 1. The molecule has 110 valence electrons. The van der Waals surface area contributed by atoms with Crippen LogP contribution in [-0.2, 0) is 10.0 Å². The average Bonchev–Trinajstić information content (AvgIpc) is 2.38. The predicted molar refractivity (Wildman–Crippen MR) is 79.8 cm³/mol. The van der Waals surface area contributed by atoms with Gasteiger partial charge in [0.1, 0.15) is 5.15 Å². The molecular formula is C14H13ClN2O3S. The van der Waals surface area contributed by atoms with Gasteiger partial charge in [-0.05, 0) is 38.1 Å². The van der Waals surface area contributed by atoms with Gasteiger partial charge >= 0.3 is 0 Å². The van der Waals surface area contributed by atoms with Crippen LogP contribution in [0.3, 0.4) is 0 Å². The number of aromatic nitrogens is 1. The Morgan fingerprint density at radius 1 is 1.10 bits per heavy atom. The summed E-state index contributed by atoms with van der Waals surface area (Å²) in [5, 5.41) is -0.0355. The summed E-state index contributed by atoms with van der Waals surface area (Å²) in [4.78, 5) is 15.9. The highest BCUT2D eigenvalue weighted by molar-refractivity contribution is 7.90. The summed E-state index contributed by atoms with van der Waals surface area (Å²) in [6.07, 6.45) is 0. The third kappa shape index (κ3) is 3.59. The number of hydrogen-bond acceptors (Lipinski definition) is 4. The minimum absolute atomic E-state index is 0.0117. The molecular weight excluding hydrogens is 312 g/mol. The van der Waals surface area contributed by atoms with Crippen LogP contribution in [0.25, 0.3) is 0 Å². The summed E-state index contributed by atoms with van der Waals surface area (Å²) in [6.45, 7) is 3.56. The maximum absolute atomic E-state index is 12.1. The topological polar surface area (TPSA) is 76.1 Å². The molecule has 1 N–H and O–H groups in total. The first-order valence-electron chi connectivity index (χ1n) is 6.06. The summed E-state index contributed by atoms with van der Waals surface area (Å²) in [6, 6.07) is 9.18. The Hall–Kier alpha value is -1.92. The van der Waals surface area contributed by atoms with Gasteiger partial charge in [0.05, 0.1) is 10.5 Å². The van der Waals surface area contributed by atoms with E-state index in [0.717, 1.165) is 5.56 Å². The summed E-state index contributed by atoms with van der Waals surface area (Å²) in [7, 11) is -3.94. The summed E-state index contributed by atoms with van der Waals surface area (Å²) >= 11 is 5.85. The van der Waals surface area contributed by atoms with Crippen LogP contribution in [0.5, 0.6) is 0 Å². The quantitative estimate of drug-likeness (QED) is 0.880. The zero-order chi connectivity index (χ0) is 15.6. The molecule has 0 aliphatic heterocycles. The molecule has 1 heterocycles. The Balaban J connectivity index is 2.28. The van der Waals surface area contributed by atoms with E-state index >= 15 is 0 Å². The maximum atomic E-state index is 12.1. The van der Waals surface area contributed by atoms with Gasteiger partial charge in [-0.2, -0.15) is 0 Å². The Bertz CT molecular complexity index is 786. The van der Waals surface area contributed by atoms with Crippen molar-refractivity contribution in [3.63, 3.8) is 0 Å². The van der Waals surface area contributed by atoms with Crippen molar-refractivity contribution in [2.24, 2.45) is 0 Å². The number of nitrogens with one attached hydrogen (secondary N) is 1. The number of hydrogen-bond donors (Lipinski definition) is 1. The van der Waals surface area contributed by atoms with E-state index in [1.54, 1.807) is 25.1 Å². The van der Waals surface area contributed by atoms with Crippen molar-refractivity contribution in [2.75, 3.05) is 0 Å². The minimum Gasteiger partial charge on any atom is -0.268 e. The number of aryl methyl sites for hydroxylation is 2. The molecule has 0 saturated heterocycles. The lowest BCUT2D eigenvalue weighted by Crippen LogP contribution is -2.30. The summed E-state index contributed by atoms with van der Waals surface area (Å²) in [5.74, 6) is -0.812. The van der Waals surface area contributed by atoms with E-state index in [1.165, 1.54) is 18.2 Å². The fourth-order valence-electron chi connectivity index (χ4n) is 1.65. The minimum atomic E-state index is -3.94. The smallest absolute Gasteiger partial charge is 0.268 e. The van der Waals surface area contributed by atoms with Crippen LogP contribution in [-0.4, -0.2) is 19.3 Å². The first kappa shape index (κ1) is 15.5. The second-order valence-electron chi connectivity index (χ2n) is 4.54. The number of carbonyl (C=O) groups excluding carboxylic acids is 1. The lowest BCUT2D eigenvalue weighted by molar-refractivity contribution is 0.0981. The lowest BCUT2D eigenvalue weighted by Gasteiger charge is -2.08. The van der Waals surface area contributed by atoms with Crippen LogP contribution >= 0.6 is 11.6 Å². The molecule has 0 aliphatic rings. The molecule has 5 nitrogen and oxygen atoms in total. The molecule has 0 unspecified atom stereocenters. The van der Waals surface area contributed by atoms with Crippen LogP contribution < -0.4 is 4.72 Å². The third-order valence-corrected chi connectivity index (χ3v) is 4.43. The molecule has 1 amide bonds. The average molecular weight is 325 g/mol. The van der Waals surface area contributed by atoms with Crippen molar-refractivity contribution in [1.82, 2.24) is 9.71 Å². The van der Waals surface area contributed by atoms with Crippen LogP contribution in [0.15, 0.2) is 41.3 Å². The summed E-state index contributed by atoms with van der Waals surface area (Å²) in [5.41, 5.74) is 1.57. The number of nitrogens with zero attached hydrogens (tertiary/aromatic N) is 1. The van der Waals surface area contributed by atoms with Crippen LogP contribution in [0.4, 0.5) is 0 Å². The fraction of sp³-hybridized carbons (Fsp3) is 0.143. The van der Waals surface area contributed by atoms with E-state index in [9.17, 15) is 13.2 Å². The second kappa shape index (κ2) is 5.83. The van der Waals surface area contributed by atoms with E-state index in [2.05, 4.69) is 4.98 Å². The first-order chi connectivity index (χ1) is 9.79. The molecule has 2 rings (SSSR count). The molecule has 0 aliphatic carbocycles. The Kier molecular flexibility index (Phi) is 4.29. The molecule has 0 atom stereocenters. The highest BCUT2D eigenvalue weighted by Gasteiger charge is 2.20. The first-order valence-corrected chi connectivity index (χ1v) is 7.93. The van der Waals surface area contributed by atoms with Gasteiger partial charge in [-0.1, -0.05) is 29.3 Å². The number of rotatable bonds is 3. The molecule has 21 heavy (non-hydrogen) atoms. The molecule has 1 aromatic heterocycles. The van der Waals surface area contributed by atoms with E-state index < -0.39 is 15.9 Å². The van der Waals surface area contributed by atoms with Crippen molar-refractivity contribution in [2.45, 2.75) is 18.7 Å². The highest BCUT2D eigenvalue weighted by atomic mass is 35.5. The van der Waals surface area contributed by atoms with Gasteiger partial charge in [0.25, 0.3) is 15.9 Å². The zero-order valence-electron chi connectivity index (χ0n) is 11.4. The molecule has 7 heteroatoms. The van der Waals surface area contributed by atoms with Gasteiger partial charge in [-0.15, -0.1) is 0 Å². The van der Waals surface area contributed by atoms with Gasteiger partial charge < -0.3 is 0 Å². The third-order valence-electron chi connectivity index (χ3n) is 2.79. The Morgan fingerprint density at radius 2 is 1.71 bits per heavy atom. The number of sulfonamides is 1. The van der Waals surface area contributed by atoms with Crippen molar-refractivity contribution >= 4 is 27.5 Å². The van der Waals surface area contributed by atoms with Gasteiger partial charge in [0.15, 0.2) is 0 Å². The standard InChI is InChI=1S/C14H13ClN2O3S/c1-9-3-6-11(7-4-9)21(19,20)17-14(18)12-8-5-10(2)16-13(12)15/h3-8H,1-2H3,(H,17,18). The van der Waals surface area contributed by atoms with Crippen LogP contribution in [0.2, 0.25) is 5.15 Å². The molecule has 0 spiro atoms. The Labute approximate surface area is 128 Å². The van der Waals surface area contributed by atoms with E-state index in [1.807, 2.05) is 11.6 Å². The van der Waals surface area contributed by atoms with Crippen molar-refractivity contribution < 1.29 is 13.2 Å². The van der Waals surface area contributed by atoms with E-state index in [4.69, 9.17) is 11.6 Å². The van der Waals surface area contributed by atoms with Crippen molar-refractivity contribution in [3.8, 4) is 0 Å². The zero-order valence-corrected chi connectivity index (χ0v) is 13.0. The predicted octanol–water partition coefficient (Wildman–Crippen LogP) is 2.47. The number of halogens is 1.